The summed E-state index contributed by atoms with van der Waals surface area (Å²) >= 11 is 3.13. The Labute approximate surface area is 261 Å². The molecule has 0 saturated carbocycles. The molecule has 1 N–H and O–H groups in total. The molecule has 0 aromatic heterocycles. The van der Waals surface area contributed by atoms with Crippen molar-refractivity contribution in [2.75, 3.05) is 92.0 Å². The minimum absolute atomic E-state index is 0.0536. The van der Waals surface area contributed by atoms with Crippen molar-refractivity contribution in [1.29, 1.82) is 0 Å². The van der Waals surface area contributed by atoms with Gasteiger partial charge in [-0.1, -0.05) is 28.1 Å². The van der Waals surface area contributed by atoms with Crippen molar-refractivity contribution in [3.8, 4) is 5.75 Å². The molecule has 0 unspecified atom stereocenters. The zero-order valence-electron chi connectivity index (χ0n) is 28.4. The van der Waals surface area contributed by atoms with Crippen LogP contribution in [0.2, 0.25) is 0 Å². The van der Waals surface area contributed by atoms with Gasteiger partial charge in [0.25, 0.3) is 0 Å². The van der Waals surface area contributed by atoms with E-state index >= 15 is 0 Å². The van der Waals surface area contributed by atoms with Crippen molar-refractivity contribution in [2.45, 2.75) is 62.3 Å². The monoisotopic (exact) mass is 651 g/mol. The minimum atomic E-state index is -2.92. The van der Waals surface area contributed by atoms with E-state index in [0.29, 0.717) is 11.9 Å². The molecule has 0 aliphatic carbocycles. The molecule has 0 amide bonds. The average Bonchev–Trinajstić information content (AvgIpc) is 2.99. The molecule has 9 nitrogen and oxygen atoms in total. The number of benzene rings is 1. The summed E-state index contributed by atoms with van der Waals surface area (Å²) in [6.07, 6.45) is 0. The van der Waals surface area contributed by atoms with E-state index in [4.69, 9.17) is 19.8 Å². The number of carbonyl (C=O) groups excluding carboxylic acids is 1. The molecule has 41 heavy (non-hydrogen) atoms. The molecule has 0 spiro atoms. The first-order valence-corrected chi connectivity index (χ1v) is 16.1. The number of esters is 1. The predicted molar refractivity (Wildman–Crippen MR) is 171 cm³/mol. The highest BCUT2D eigenvalue weighted by molar-refractivity contribution is 9.09. The third-order valence-corrected chi connectivity index (χ3v) is 8.63. The number of hydrogen-bond acceptors (Lipinski definition) is 6. The number of nitrogens with zero attached hydrogens (tertiary/aromatic N) is 3. The number of quaternary nitrogens is 3. The summed E-state index contributed by atoms with van der Waals surface area (Å²) in [6.45, 7) is 31.8. The highest BCUT2D eigenvalue weighted by Gasteiger charge is 2.12. The smallest absolute Gasteiger partial charge is 0.341 e. The largest absolute Gasteiger partial charge is 0.907 e. The SMILES string of the molecule is CC[N+](C)(CC)CC.CC[N+](C)(CC)CC.CC[N+](C)(CC)CC.O=C(OCCBr)c1ccccc1O.[O-]B([O-])[O-]. The van der Waals surface area contributed by atoms with E-state index in [2.05, 4.69) is 99.4 Å². The van der Waals surface area contributed by atoms with Crippen LogP contribution >= 0.6 is 15.9 Å². The van der Waals surface area contributed by atoms with Crippen molar-refractivity contribution < 1.29 is 43.2 Å². The molecule has 0 saturated heterocycles. The Balaban J connectivity index is -0.000000219. The summed E-state index contributed by atoms with van der Waals surface area (Å²) in [5.41, 5.74) is 0.198. The number of halogens is 1. The van der Waals surface area contributed by atoms with Gasteiger partial charge >= 0.3 is 5.97 Å². The number of ether oxygens (including phenoxy) is 1. The third kappa shape index (κ3) is 26.2. The van der Waals surface area contributed by atoms with Gasteiger partial charge in [0.15, 0.2) is 0 Å². The summed E-state index contributed by atoms with van der Waals surface area (Å²) in [6, 6.07) is 6.29. The maximum absolute atomic E-state index is 11.2. The fraction of sp³-hybridized carbons (Fsp3) is 0.767. The number of phenols is 1. The normalized spacial score (nSPS) is 10.7. The number of phenolic OH excluding ortho intramolecular Hbond substituents is 1. The Morgan fingerprint density at radius 3 is 1.17 bits per heavy atom. The highest BCUT2D eigenvalue weighted by Crippen LogP contribution is 2.16. The fourth-order valence-electron chi connectivity index (χ4n) is 2.87. The molecule has 0 heterocycles. The molecule has 1 aromatic rings. The van der Waals surface area contributed by atoms with Gasteiger partial charge in [0.1, 0.15) is 17.9 Å². The highest BCUT2D eigenvalue weighted by atomic mass is 79.9. The van der Waals surface area contributed by atoms with Crippen LogP contribution in [0, 0.1) is 0 Å². The van der Waals surface area contributed by atoms with Gasteiger partial charge < -0.3 is 38.4 Å². The fourth-order valence-corrected chi connectivity index (χ4v) is 3.03. The van der Waals surface area contributed by atoms with Gasteiger partial charge in [-0.3, -0.25) is 7.32 Å². The van der Waals surface area contributed by atoms with Crippen LogP contribution in [0.5, 0.6) is 5.75 Å². The van der Waals surface area contributed by atoms with Gasteiger partial charge in [-0.2, -0.15) is 0 Å². The standard InChI is InChI=1S/C9H9BrO3.3C7H18N.BO3/c10-5-6-13-9(12)7-3-1-2-4-8(7)11;3*1-5-8(4,6-2)7-3;2-1(3)4/h1-4,11H,5-6H2;3*5-7H2,1-4H3;/q;3*+1;-3. The maximum atomic E-state index is 11.2. The van der Waals surface area contributed by atoms with Crippen LogP contribution in [0.4, 0.5) is 0 Å². The van der Waals surface area contributed by atoms with E-state index in [-0.39, 0.29) is 11.3 Å². The zero-order valence-corrected chi connectivity index (χ0v) is 30.0. The van der Waals surface area contributed by atoms with Crippen molar-refractivity contribution in [3.05, 3.63) is 29.8 Å². The van der Waals surface area contributed by atoms with Gasteiger partial charge in [-0.15, -0.1) is 0 Å². The van der Waals surface area contributed by atoms with Gasteiger partial charge in [-0.25, -0.2) is 4.79 Å². The summed E-state index contributed by atoms with van der Waals surface area (Å²) in [7, 11) is 3.96. The van der Waals surface area contributed by atoms with Crippen LogP contribution in [-0.4, -0.2) is 124 Å². The second-order valence-corrected chi connectivity index (χ2v) is 11.1. The molecule has 0 aliphatic rings. The molecule has 0 aliphatic heterocycles. The van der Waals surface area contributed by atoms with Gasteiger partial charge in [0, 0.05) is 5.33 Å². The Morgan fingerprint density at radius 2 is 0.976 bits per heavy atom. The molecule has 1 aromatic carbocycles. The Kier molecular flexibility index (Phi) is 31.5. The molecule has 11 heteroatoms. The predicted octanol–water partition coefficient (Wildman–Crippen LogP) is 2.47. The second kappa shape index (κ2) is 27.6. The van der Waals surface area contributed by atoms with Gasteiger partial charge in [-0.05, 0) is 74.4 Å². The summed E-state index contributed by atoms with van der Waals surface area (Å²) < 4.78 is 8.44. The van der Waals surface area contributed by atoms with Crippen LogP contribution in [0.3, 0.4) is 0 Å². The first-order valence-electron chi connectivity index (χ1n) is 15.0. The Morgan fingerprint density at radius 1 is 0.707 bits per heavy atom. The first-order chi connectivity index (χ1) is 19.0. The number of aromatic hydroxyl groups is 1. The molecular formula is C30H63BBrN3O6. The van der Waals surface area contributed by atoms with Crippen LogP contribution in [0.1, 0.15) is 72.7 Å². The molecule has 0 radical (unpaired) electrons. The van der Waals surface area contributed by atoms with E-state index in [1.807, 2.05) is 0 Å². The van der Waals surface area contributed by atoms with E-state index < -0.39 is 13.3 Å². The molecular weight excluding hydrogens is 589 g/mol. The topological polar surface area (TPSA) is 116 Å². The van der Waals surface area contributed by atoms with Crippen molar-refractivity contribution in [3.63, 3.8) is 0 Å². The molecule has 0 fully saturated rings. The Hall–Kier alpha value is -1.21. The second-order valence-electron chi connectivity index (χ2n) is 10.3. The quantitative estimate of drug-likeness (QED) is 0.161. The number of alkyl halides is 1. The lowest BCUT2D eigenvalue weighted by atomic mass is 10.2. The minimum Gasteiger partial charge on any atom is -0.907 e. The number of rotatable bonds is 12. The molecule has 0 atom stereocenters. The maximum Gasteiger partial charge on any atom is 0.341 e. The van der Waals surface area contributed by atoms with Crippen LogP contribution < -0.4 is 15.1 Å². The lowest BCUT2D eigenvalue weighted by molar-refractivity contribution is -0.904. The number of hydrogen-bond donors (Lipinski definition) is 1. The van der Waals surface area contributed by atoms with Crippen molar-refractivity contribution >= 4 is 29.2 Å². The Bertz CT molecular complexity index is 662. The average molecular weight is 653 g/mol. The van der Waals surface area contributed by atoms with E-state index in [9.17, 15) is 9.90 Å². The lowest BCUT2D eigenvalue weighted by Gasteiger charge is -2.35. The van der Waals surface area contributed by atoms with Crippen molar-refractivity contribution in [2.24, 2.45) is 0 Å². The van der Waals surface area contributed by atoms with Gasteiger partial charge in [0.2, 0.25) is 0 Å². The molecule has 1 rings (SSSR count). The summed E-state index contributed by atoms with van der Waals surface area (Å²) in [4.78, 5) is 11.2. The lowest BCUT2D eigenvalue weighted by Crippen LogP contribution is -2.56. The first kappa shape index (κ1) is 46.7. The van der Waals surface area contributed by atoms with Crippen LogP contribution in [-0.2, 0) is 4.74 Å². The van der Waals surface area contributed by atoms with Crippen molar-refractivity contribution in [1.82, 2.24) is 0 Å². The molecule has 244 valence electrons. The third-order valence-electron chi connectivity index (χ3n) is 8.31. The summed E-state index contributed by atoms with van der Waals surface area (Å²) in [5.74, 6) is -0.556. The van der Waals surface area contributed by atoms with E-state index in [1.54, 1.807) is 12.1 Å². The summed E-state index contributed by atoms with van der Waals surface area (Å²) in [5, 5.41) is 35.1. The molecule has 0 bridgehead atoms. The number of carbonyl (C=O) groups is 1. The zero-order chi connectivity index (χ0) is 33.1. The van der Waals surface area contributed by atoms with E-state index in [0.717, 1.165) is 0 Å². The van der Waals surface area contributed by atoms with E-state index in [1.165, 1.54) is 84.5 Å². The number of para-hydroxylation sites is 1. The van der Waals surface area contributed by atoms with Crippen LogP contribution in [0.25, 0.3) is 0 Å². The van der Waals surface area contributed by atoms with Crippen LogP contribution in [0.15, 0.2) is 24.3 Å². The van der Waals surface area contributed by atoms with Gasteiger partial charge in [0.05, 0.1) is 80.0 Å².